The Kier molecular flexibility index (Phi) is 2.22. The lowest BCUT2D eigenvalue weighted by Gasteiger charge is -2.00. The van der Waals surface area contributed by atoms with Gasteiger partial charge in [0.15, 0.2) is 5.65 Å². The lowest BCUT2D eigenvalue weighted by molar-refractivity contribution is 1.30. The Morgan fingerprint density at radius 1 is 1.00 bits per heavy atom. The Bertz CT molecular complexity index is 628. The van der Waals surface area contributed by atoms with Gasteiger partial charge in [0, 0.05) is 16.2 Å². The summed E-state index contributed by atoms with van der Waals surface area (Å²) in [6.07, 6.45) is 3.50. The van der Waals surface area contributed by atoms with Crippen molar-refractivity contribution in [1.82, 2.24) is 15.0 Å². The standard InChI is InChI=1S/C12H8BrN3/c13-10-3-1-8(2-4-10)9-5-11-12(14-6-9)16-7-15-11/h1-7H,(H,14,15,16). The molecule has 1 aromatic carbocycles. The van der Waals surface area contributed by atoms with Crippen LogP contribution in [-0.2, 0) is 0 Å². The maximum Gasteiger partial charge on any atom is 0.177 e. The highest BCUT2D eigenvalue weighted by molar-refractivity contribution is 9.10. The predicted octanol–water partition coefficient (Wildman–Crippen LogP) is 3.39. The second-order valence-corrected chi connectivity index (χ2v) is 4.42. The zero-order valence-electron chi connectivity index (χ0n) is 8.31. The Balaban J connectivity index is 2.14. The predicted molar refractivity (Wildman–Crippen MR) is 67.0 cm³/mol. The van der Waals surface area contributed by atoms with Gasteiger partial charge in [-0.3, -0.25) is 0 Å². The SMILES string of the molecule is Brc1ccc(-c2cnc3nc[nH]c3c2)cc1. The third-order valence-corrected chi connectivity index (χ3v) is 2.98. The summed E-state index contributed by atoms with van der Waals surface area (Å²) in [5, 5.41) is 0. The van der Waals surface area contributed by atoms with Crippen LogP contribution in [0.4, 0.5) is 0 Å². The normalized spacial score (nSPS) is 10.8. The summed E-state index contributed by atoms with van der Waals surface area (Å²) >= 11 is 3.42. The smallest absolute Gasteiger partial charge is 0.177 e. The van der Waals surface area contributed by atoms with Gasteiger partial charge in [0.2, 0.25) is 0 Å². The van der Waals surface area contributed by atoms with Gasteiger partial charge in [-0.05, 0) is 23.8 Å². The molecular weight excluding hydrogens is 266 g/mol. The van der Waals surface area contributed by atoms with Gasteiger partial charge in [-0.2, -0.15) is 0 Å². The van der Waals surface area contributed by atoms with Gasteiger partial charge < -0.3 is 4.98 Å². The molecule has 0 saturated carbocycles. The highest BCUT2D eigenvalue weighted by Gasteiger charge is 2.01. The molecule has 0 aliphatic rings. The van der Waals surface area contributed by atoms with Crippen LogP contribution in [0, 0.1) is 0 Å². The fourth-order valence-corrected chi connectivity index (χ4v) is 1.89. The number of imidazole rings is 1. The lowest BCUT2D eigenvalue weighted by atomic mass is 10.1. The molecule has 0 bridgehead atoms. The highest BCUT2D eigenvalue weighted by Crippen LogP contribution is 2.22. The Morgan fingerprint density at radius 2 is 1.81 bits per heavy atom. The number of nitrogens with one attached hydrogen (secondary N) is 1. The third kappa shape index (κ3) is 1.61. The summed E-state index contributed by atoms with van der Waals surface area (Å²) in [6.45, 7) is 0. The van der Waals surface area contributed by atoms with Crippen molar-refractivity contribution in [3.63, 3.8) is 0 Å². The number of fused-ring (bicyclic) bond motifs is 1. The minimum Gasteiger partial charge on any atom is -0.343 e. The quantitative estimate of drug-likeness (QED) is 0.739. The molecule has 0 unspecified atom stereocenters. The van der Waals surface area contributed by atoms with Crippen LogP contribution < -0.4 is 0 Å². The van der Waals surface area contributed by atoms with Crippen molar-refractivity contribution >= 4 is 27.1 Å². The van der Waals surface area contributed by atoms with Gasteiger partial charge in [-0.15, -0.1) is 0 Å². The molecule has 0 radical (unpaired) electrons. The van der Waals surface area contributed by atoms with Crippen molar-refractivity contribution in [3.8, 4) is 11.1 Å². The second-order valence-electron chi connectivity index (χ2n) is 3.50. The van der Waals surface area contributed by atoms with Crippen LogP contribution >= 0.6 is 15.9 Å². The van der Waals surface area contributed by atoms with Crippen molar-refractivity contribution in [2.24, 2.45) is 0 Å². The molecule has 1 N–H and O–H groups in total. The number of pyridine rings is 1. The van der Waals surface area contributed by atoms with Gasteiger partial charge in [0.05, 0.1) is 11.8 Å². The van der Waals surface area contributed by atoms with E-state index in [1.807, 2.05) is 18.3 Å². The summed E-state index contributed by atoms with van der Waals surface area (Å²) in [6, 6.07) is 10.2. The minimum atomic E-state index is 0.751. The fraction of sp³-hybridized carbons (Fsp3) is 0. The monoisotopic (exact) mass is 273 g/mol. The maximum atomic E-state index is 4.29. The largest absolute Gasteiger partial charge is 0.343 e. The van der Waals surface area contributed by atoms with Crippen molar-refractivity contribution < 1.29 is 0 Å². The van der Waals surface area contributed by atoms with Gasteiger partial charge >= 0.3 is 0 Å². The first-order valence-corrected chi connectivity index (χ1v) is 5.67. The molecule has 0 saturated heterocycles. The van der Waals surface area contributed by atoms with Crippen molar-refractivity contribution in [2.75, 3.05) is 0 Å². The summed E-state index contributed by atoms with van der Waals surface area (Å²) in [7, 11) is 0. The molecule has 2 aromatic heterocycles. The van der Waals surface area contributed by atoms with E-state index in [2.05, 4.69) is 49.1 Å². The Labute approximate surface area is 101 Å². The lowest BCUT2D eigenvalue weighted by Crippen LogP contribution is -1.81. The molecule has 4 heteroatoms. The number of hydrogen-bond acceptors (Lipinski definition) is 2. The second kappa shape index (κ2) is 3.72. The number of hydrogen-bond donors (Lipinski definition) is 1. The summed E-state index contributed by atoms with van der Waals surface area (Å²) in [5.41, 5.74) is 3.94. The molecule has 0 amide bonds. The van der Waals surface area contributed by atoms with Crippen molar-refractivity contribution in [2.45, 2.75) is 0 Å². The van der Waals surface area contributed by atoms with Crippen LogP contribution in [0.3, 0.4) is 0 Å². The fourth-order valence-electron chi connectivity index (χ4n) is 1.63. The molecule has 3 aromatic rings. The van der Waals surface area contributed by atoms with Gasteiger partial charge in [0.1, 0.15) is 0 Å². The van der Waals surface area contributed by atoms with Gasteiger partial charge in [-0.25, -0.2) is 9.97 Å². The Morgan fingerprint density at radius 3 is 2.62 bits per heavy atom. The summed E-state index contributed by atoms with van der Waals surface area (Å²) < 4.78 is 1.08. The molecule has 3 nitrogen and oxygen atoms in total. The van der Waals surface area contributed by atoms with E-state index in [1.165, 1.54) is 0 Å². The first-order chi connectivity index (χ1) is 7.83. The number of halogens is 1. The van der Waals surface area contributed by atoms with E-state index in [0.717, 1.165) is 26.8 Å². The molecular formula is C12H8BrN3. The average Bonchev–Trinajstić information content (AvgIpc) is 2.77. The van der Waals surface area contributed by atoms with Crippen molar-refractivity contribution in [3.05, 3.63) is 47.3 Å². The topological polar surface area (TPSA) is 41.6 Å². The minimum absolute atomic E-state index is 0.751. The first-order valence-electron chi connectivity index (χ1n) is 4.88. The van der Waals surface area contributed by atoms with E-state index < -0.39 is 0 Å². The molecule has 0 atom stereocenters. The molecule has 16 heavy (non-hydrogen) atoms. The maximum absolute atomic E-state index is 4.29. The first kappa shape index (κ1) is 9.54. The number of aromatic nitrogens is 3. The van der Waals surface area contributed by atoms with E-state index in [4.69, 9.17) is 0 Å². The summed E-state index contributed by atoms with van der Waals surface area (Å²) in [4.78, 5) is 11.4. The third-order valence-electron chi connectivity index (χ3n) is 2.45. The molecule has 3 rings (SSSR count). The van der Waals surface area contributed by atoms with Crippen LogP contribution in [0.5, 0.6) is 0 Å². The molecule has 0 aliphatic heterocycles. The zero-order chi connectivity index (χ0) is 11.0. The van der Waals surface area contributed by atoms with Gasteiger partial charge in [-0.1, -0.05) is 28.1 Å². The van der Waals surface area contributed by atoms with Crippen LogP contribution in [0.25, 0.3) is 22.3 Å². The zero-order valence-corrected chi connectivity index (χ0v) is 9.90. The number of H-pyrrole nitrogens is 1. The highest BCUT2D eigenvalue weighted by atomic mass is 79.9. The van der Waals surface area contributed by atoms with E-state index in [0.29, 0.717) is 0 Å². The van der Waals surface area contributed by atoms with Crippen LogP contribution in [0.1, 0.15) is 0 Å². The van der Waals surface area contributed by atoms with E-state index >= 15 is 0 Å². The van der Waals surface area contributed by atoms with Crippen LogP contribution in [0.15, 0.2) is 47.3 Å². The Hall–Kier alpha value is -1.68. The summed E-state index contributed by atoms with van der Waals surface area (Å²) in [5.74, 6) is 0. The number of rotatable bonds is 1. The molecule has 0 spiro atoms. The van der Waals surface area contributed by atoms with E-state index in [1.54, 1.807) is 6.33 Å². The van der Waals surface area contributed by atoms with Crippen molar-refractivity contribution in [1.29, 1.82) is 0 Å². The number of benzene rings is 1. The average molecular weight is 274 g/mol. The molecule has 0 fully saturated rings. The van der Waals surface area contributed by atoms with Gasteiger partial charge in [0.25, 0.3) is 0 Å². The molecule has 2 heterocycles. The molecule has 78 valence electrons. The van der Waals surface area contributed by atoms with E-state index in [9.17, 15) is 0 Å². The van der Waals surface area contributed by atoms with E-state index in [-0.39, 0.29) is 0 Å². The van der Waals surface area contributed by atoms with Crippen LogP contribution in [0.2, 0.25) is 0 Å². The van der Waals surface area contributed by atoms with Crippen LogP contribution in [-0.4, -0.2) is 15.0 Å². The number of aromatic amines is 1. The molecule has 0 aliphatic carbocycles. The number of nitrogens with zero attached hydrogens (tertiary/aromatic N) is 2.